The van der Waals surface area contributed by atoms with Gasteiger partial charge in [0.15, 0.2) is 0 Å². The van der Waals surface area contributed by atoms with Crippen LogP contribution in [0.5, 0.6) is 0 Å². The van der Waals surface area contributed by atoms with Crippen LogP contribution < -0.4 is 10.2 Å². The first kappa shape index (κ1) is 16.4. The van der Waals surface area contributed by atoms with Gasteiger partial charge in [-0.05, 0) is 24.6 Å². The minimum absolute atomic E-state index is 0.00909. The van der Waals surface area contributed by atoms with Crippen molar-refractivity contribution in [1.82, 2.24) is 20.1 Å². The summed E-state index contributed by atoms with van der Waals surface area (Å²) in [7, 11) is 0. The largest absolute Gasteiger partial charge is 0.351 e. The minimum atomic E-state index is -0.171. The van der Waals surface area contributed by atoms with Gasteiger partial charge in [0.1, 0.15) is 12.7 Å². The molecule has 1 aromatic heterocycles. The number of nitrogens with zero attached hydrogens (tertiary/aromatic N) is 4. The molecule has 1 N–H and O–H groups in total. The molecule has 2 aromatic rings. The first-order valence-electron chi connectivity index (χ1n) is 7.79. The Bertz CT molecular complexity index is 719. The average Bonchev–Trinajstić information content (AvgIpc) is 3.17. The Balaban J connectivity index is 1.48. The first-order valence-corrected chi connectivity index (χ1v) is 8.17. The number of hydrogen-bond donors (Lipinski definition) is 1. The maximum Gasteiger partial charge on any atom is 0.229 e. The molecule has 8 heteroatoms. The molecule has 1 aliphatic rings. The Hall–Kier alpha value is -2.41. The molecule has 2 heterocycles. The van der Waals surface area contributed by atoms with Crippen molar-refractivity contribution in [3.8, 4) is 0 Å². The Morgan fingerprint density at radius 1 is 1.42 bits per heavy atom. The SMILES string of the molecule is O=C(CCCn1cncn1)NC1CC(=O)N(c2cccc(Cl)c2)C1. The monoisotopic (exact) mass is 347 g/mol. The van der Waals surface area contributed by atoms with Gasteiger partial charge >= 0.3 is 0 Å². The second-order valence-corrected chi connectivity index (χ2v) is 6.15. The van der Waals surface area contributed by atoms with Crippen molar-refractivity contribution in [2.75, 3.05) is 11.4 Å². The number of anilines is 1. The fraction of sp³-hybridized carbons (Fsp3) is 0.375. The summed E-state index contributed by atoms with van der Waals surface area (Å²) in [5.41, 5.74) is 0.760. The third-order valence-corrected chi connectivity index (χ3v) is 4.10. The summed E-state index contributed by atoms with van der Waals surface area (Å²) in [6.07, 6.45) is 4.46. The summed E-state index contributed by atoms with van der Waals surface area (Å²) in [5, 5.41) is 7.50. The molecule has 3 rings (SSSR count). The van der Waals surface area contributed by atoms with E-state index in [9.17, 15) is 9.59 Å². The third-order valence-electron chi connectivity index (χ3n) is 3.87. The van der Waals surface area contributed by atoms with Crippen molar-refractivity contribution in [2.24, 2.45) is 0 Å². The lowest BCUT2D eigenvalue weighted by Gasteiger charge is -2.17. The van der Waals surface area contributed by atoms with Crippen molar-refractivity contribution in [3.05, 3.63) is 41.9 Å². The lowest BCUT2D eigenvalue weighted by Crippen LogP contribution is -2.37. The van der Waals surface area contributed by atoms with Gasteiger partial charge in [0.25, 0.3) is 0 Å². The second-order valence-electron chi connectivity index (χ2n) is 5.71. The smallest absolute Gasteiger partial charge is 0.229 e. The summed E-state index contributed by atoms with van der Waals surface area (Å²) < 4.78 is 1.69. The summed E-state index contributed by atoms with van der Waals surface area (Å²) in [4.78, 5) is 29.7. The van der Waals surface area contributed by atoms with E-state index < -0.39 is 0 Å². The zero-order valence-corrected chi connectivity index (χ0v) is 13.8. The quantitative estimate of drug-likeness (QED) is 0.861. The predicted molar refractivity (Wildman–Crippen MR) is 89.6 cm³/mol. The Morgan fingerprint density at radius 3 is 3.04 bits per heavy atom. The summed E-state index contributed by atoms with van der Waals surface area (Å²) in [5.74, 6) is -0.0639. The van der Waals surface area contributed by atoms with Crippen LogP contribution in [0.25, 0.3) is 0 Å². The van der Waals surface area contributed by atoms with Crippen LogP contribution in [0.15, 0.2) is 36.9 Å². The van der Waals surface area contributed by atoms with Gasteiger partial charge in [0.05, 0.1) is 6.04 Å². The third kappa shape index (κ3) is 4.11. The van der Waals surface area contributed by atoms with Gasteiger partial charge < -0.3 is 10.2 Å². The topological polar surface area (TPSA) is 80.1 Å². The van der Waals surface area contributed by atoms with Crippen LogP contribution in [0.4, 0.5) is 5.69 Å². The number of nitrogens with one attached hydrogen (secondary N) is 1. The Kier molecular flexibility index (Phi) is 5.10. The van der Waals surface area contributed by atoms with Gasteiger partial charge in [0.2, 0.25) is 11.8 Å². The summed E-state index contributed by atoms with van der Waals surface area (Å²) in [6, 6.07) is 6.99. The molecule has 0 radical (unpaired) electrons. The number of rotatable bonds is 6. The van der Waals surface area contributed by atoms with Gasteiger partial charge in [-0.2, -0.15) is 5.10 Å². The fourth-order valence-electron chi connectivity index (χ4n) is 2.75. The molecule has 0 aliphatic carbocycles. The molecule has 1 unspecified atom stereocenters. The molecule has 7 nitrogen and oxygen atoms in total. The van der Waals surface area contributed by atoms with E-state index in [0.29, 0.717) is 37.4 Å². The maximum absolute atomic E-state index is 12.2. The molecular weight excluding hydrogens is 330 g/mol. The Labute approximate surface area is 144 Å². The van der Waals surface area contributed by atoms with Crippen LogP contribution in [0, 0.1) is 0 Å². The van der Waals surface area contributed by atoms with Crippen molar-refractivity contribution >= 4 is 29.1 Å². The lowest BCUT2D eigenvalue weighted by molar-refractivity contribution is -0.121. The standard InChI is InChI=1S/C16H18ClN5O2/c17-12-3-1-4-14(7-12)22-9-13(8-16(22)24)20-15(23)5-2-6-21-11-18-10-19-21/h1,3-4,7,10-11,13H,2,5-6,8-9H2,(H,20,23). The normalized spacial score (nSPS) is 17.3. The van der Waals surface area contributed by atoms with Gasteiger partial charge in [-0.1, -0.05) is 17.7 Å². The van der Waals surface area contributed by atoms with Gasteiger partial charge in [-0.3, -0.25) is 14.3 Å². The molecule has 126 valence electrons. The molecule has 1 atom stereocenters. The van der Waals surface area contributed by atoms with E-state index in [-0.39, 0.29) is 17.9 Å². The van der Waals surface area contributed by atoms with Crippen LogP contribution in [-0.2, 0) is 16.1 Å². The van der Waals surface area contributed by atoms with Crippen molar-refractivity contribution in [2.45, 2.75) is 31.8 Å². The van der Waals surface area contributed by atoms with Crippen molar-refractivity contribution < 1.29 is 9.59 Å². The number of aryl methyl sites for hydroxylation is 1. The number of aromatic nitrogens is 3. The summed E-state index contributed by atoms with van der Waals surface area (Å²) >= 11 is 5.97. The van der Waals surface area contributed by atoms with E-state index in [0.717, 1.165) is 5.69 Å². The molecule has 1 saturated heterocycles. The van der Waals surface area contributed by atoms with Crippen molar-refractivity contribution in [1.29, 1.82) is 0 Å². The van der Waals surface area contributed by atoms with E-state index in [4.69, 9.17) is 11.6 Å². The number of hydrogen-bond acceptors (Lipinski definition) is 4. The average molecular weight is 348 g/mol. The van der Waals surface area contributed by atoms with E-state index in [1.54, 1.807) is 34.1 Å². The van der Waals surface area contributed by atoms with Crippen molar-refractivity contribution in [3.63, 3.8) is 0 Å². The minimum Gasteiger partial charge on any atom is -0.351 e. The van der Waals surface area contributed by atoms with Crippen LogP contribution in [0.3, 0.4) is 0 Å². The fourth-order valence-corrected chi connectivity index (χ4v) is 2.93. The number of carbonyl (C=O) groups excluding carboxylic acids is 2. The molecule has 1 aromatic carbocycles. The number of amides is 2. The van der Waals surface area contributed by atoms with E-state index in [1.807, 2.05) is 6.07 Å². The molecule has 1 fully saturated rings. The highest BCUT2D eigenvalue weighted by Gasteiger charge is 2.31. The highest BCUT2D eigenvalue weighted by Crippen LogP contribution is 2.24. The molecule has 1 aliphatic heterocycles. The molecule has 0 bridgehead atoms. The molecular formula is C16H18ClN5O2. The van der Waals surface area contributed by atoms with E-state index in [2.05, 4.69) is 15.4 Å². The molecule has 2 amide bonds. The second kappa shape index (κ2) is 7.44. The van der Waals surface area contributed by atoms with Crippen LogP contribution in [0.1, 0.15) is 19.3 Å². The van der Waals surface area contributed by atoms with Gasteiger partial charge in [-0.25, -0.2) is 4.98 Å². The van der Waals surface area contributed by atoms with Crippen LogP contribution >= 0.6 is 11.6 Å². The molecule has 0 saturated carbocycles. The zero-order valence-electron chi connectivity index (χ0n) is 13.1. The number of carbonyl (C=O) groups is 2. The van der Waals surface area contributed by atoms with Crippen LogP contribution in [-0.4, -0.2) is 39.2 Å². The highest BCUT2D eigenvalue weighted by molar-refractivity contribution is 6.30. The van der Waals surface area contributed by atoms with Gasteiger partial charge in [-0.15, -0.1) is 0 Å². The predicted octanol–water partition coefficient (Wildman–Crippen LogP) is 1.63. The zero-order chi connectivity index (χ0) is 16.9. The van der Waals surface area contributed by atoms with E-state index >= 15 is 0 Å². The summed E-state index contributed by atoms with van der Waals surface area (Å²) in [6.45, 7) is 1.11. The highest BCUT2D eigenvalue weighted by atomic mass is 35.5. The molecule has 0 spiro atoms. The first-order chi connectivity index (χ1) is 11.6. The van der Waals surface area contributed by atoms with Gasteiger partial charge in [0, 0.05) is 36.6 Å². The number of halogens is 1. The van der Waals surface area contributed by atoms with E-state index in [1.165, 1.54) is 6.33 Å². The molecule has 24 heavy (non-hydrogen) atoms. The lowest BCUT2D eigenvalue weighted by atomic mass is 10.2. The van der Waals surface area contributed by atoms with Crippen LogP contribution in [0.2, 0.25) is 5.02 Å². The maximum atomic E-state index is 12.2. The Morgan fingerprint density at radius 2 is 2.29 bits per heavy atom. The number of benzene rings is 1.